The monoisotopic (exact) mass is 359 g/mol. The van der Waals surface area contributed by atoms with Gasteiger partial charge in [-0.05, 0) is 44.1 Å². The summed E-state index contributed by atoms with van der Waals surface area (Å²) in [4.78, 5) is 5.91. The molecule has 1 saturated heterocycles. The van der Waals surface area contributed by atoms with Gasteiger partial charge in [0, 0.05) is 32.0 Å². The van der Waals surface area contributed by atoms with Gasteiger partial charge in [0.1, 0.15) is 29.3 Å². The lowest BCUT2D eigenvalue weighted by molar-refractivity contribution is 0.130. The highest BCUT2D eigenvalue weighted by Gasteiger charge is 2.23. The number of nitrogens with two attached hydrogens (primary N) is 1. The fourth-order valence-corrected chi connectivity index (χ4v) is 2.78. The van der Waals surface area contributed by atoms with Crippen LogP contribution in [0.25, 0.3) is 0 Å². The van der Waals surface area contributed by atoms with Crippen molar-refractivity contribution in [1.29, 1.82) is 10.8 Å². The lowest BCUT2D eigenvalue weighted by Gasteiger charge is -2.34. The van der Waals surface area contributed by atoms with Gasteiger partial charge < -0.3 is 15.4 Å². The Morgan fingerprint density at radius 3 is 2.42 bits per heavy atom. The van der Waals surface area contributed by atoms with Crippen LogP contribution in [0.4, 0.5) is 4.39 Å². The topological polar surface area (TPSA) is 98.5 Å². The molecule has 0 radical (unpaired) electrons. The van der Waals surface area contributed by atoms with E-state index in [0.717, 1.165) is 12.8 Å². The Labute approximate surface area is 153 Å². The Bertz CT molecular complexity index is 744. The van der Waals surface area contributed by atoms with E-state index in [0.29, 0.717) is 41.7 Å². The predicted octanol–water partition coefficient (Wildman–Crippen LogP) is 3.34. The molecule has 1 aromatic rings. The largest absolute Gasteiger partial charge is 0.490 e. The van der Waals surface area contributed by atoms with Crippen molar-refractivity contribution in [1.82, 2.24) is 4.90 Å². The van der Waals surface area contributed by atoms with Crippen LogP contribution in [0.3, 0.4) is 0 Å². The molecule has 0 saturated carbocycles. The molecule has 4 N–H and O–H groups in total. The number of nitrogens with one attached hydrogen (secondary N) is 2. The Balaban J connectivity index is 1.95. The van der Waals surface area contributed by atoms with Gasteiger partial charge in [0.25, 0.3) is 0 Å². The van der Waals surface area contributed by atoms with Gasteiger partial charge in [-0.25, -0.2) is 9.38 Å². The smallest absolute Gasteiger partial charge is 0.149 e. The number of rotatable bonds is 4. The van der Waals surface area contributed by atoms with Gasteiger partial charge in [-0.1, -0.05) is 6.07 Å². The first kappa shape index (κ1) is 19.6. The van der Waals surface area contributed by atoms with Crippen molar-refractivity contribution in [3.05, 3.63) is 41.2 Å². The molecule has 6 nitrogen and oxygen atoms in total. The van der Waals surface area contributed by atoms with Crippen molar-refractivity contribution in [2.24, 2.45) is 10.7 Å². The molecule has 0 atom stereocenters. The van der Waals surface area contributed by atoms with E-state index in [2.05, 4.69) is 4.99 Å². The van der Waals surface area contributed by atoms with Crippen LogP contribution in [-0.2, 0) is 0 Å². The summed E-state index contributed by atoms with van der Waals surface area (Å²) < 4.78 is 19.1. The van der Waals surface area contributed by atoms with E-state index in [1.807, 2.05) is 11.8 Å². The highest BCUT2D eigenvalue weighted by atomic mass is 19.1. The molecule has 1 fully saturated rings. The molecule has 1 heterocycles. The Hall–Kier alpha value is -2.70. The molecule has 0 bridgehead atoms. The number of nitrogens with zero attached hydrogens (tertiary/aromatic N) is 2. The molecule has 0 aromatic heterocycles. The van der Waals surface area contributed by atoms with Crippen LogP contribution in [0.15, 0.2) is 40.4 Å². The zero-order valence-corrected chi connectivity index (χ0v) is 15.5. The summed E-state index contributed by atoms with van der Waals surface area (Å²) in [5, 5.41) is 16.4. The summed E-state index contributed by atoms with van der Waals surface area (Å²) >= 11 is 0. The van der Waals surface area contributed by atoms with Crippen molar-refractivity contribution in [2.45, 2.75) is 39.7 Å². The van der Waals surface area contributed by atoms with Gasteiger partial charge in [-0.3, -0.25) is 10.8 Å². The molecule has 0 spiro atoms. The van der Waals surface area contributed by atoms with Crippen LogP contribution in [0.2, 0.25) is 0 Å². The van der Waals surface area contributed by atoms with Gasteiger partial charge >= 0.3 is 0 Å². The second-order valence-corrected chi connectivity index (χ2v) is 6.46. The van der Waals surface area contributed by atoms with Crippen LogP contribution in [0.5, 0.6) is 5.75 Å². The number of hydrogen-bond acceptors (Lipinski definition) is 3. The lowest BCUT2D eigenvalue weighted by Crippen LogP contribution is -2.42. The number of amidine groups is 3. The number of ether oxygens (including phenoxy) is 1. The molecule has 7 heteroatoms. The number of likely N-dealkylation sites (tertiary alicyclic amines) is 1. The van der Waals surface area contributed by atoms with E-state index < -0.39 is 0 Å². The first-order valence-corrected chi connectivity index (χ1v) is 8.61. The first-order valence-electron chi connectivity index (χ1n) is 8.61. The Morgan fingerprint density at radius 2 is 1.85 bits per heavy atom. The van der Waals surface area contributed by atoms with Gasteiger partial charge in [-0.15, -0.1) is 0 Å². The number of benzene rings is 1. The van der Waals surface area contributed by atoms with Crippen LogP contribution in [0, 0.1) is 16.6 Å². The van der Waals surface area contributed by atoms with Crippen LogP contribution in [0.1, 0.15) is 33.6 Å². The van der Waals surface area contributed by atoms with E-state index in [1.54, 1.807) is 26.0 Å². The summed E-state index contributed by atoms with van der Waals surface area (Å²) in [5.74, 6) is 1.02. The standard InChI is InChI=1S/C19H26FN5O/c1-12(18(22)24-14(3)21)13(2)19(23)25-9-7-16(8-10-25)26-17-6-4-5-15(20)11-17/h4-6,11,16,23H,7-10H2,1-3H3,(H3,21,22,24)/b13-12-,23-19?. The fourth-order valence-electron chi connectivity index (χ4n) is 2.78. The molecule has 0 amide bonds. The number of aliphatic imine (C=N–C) groups is 1. The number of halogens is 1. The molecule has 140 valence electrons. The number of hydrogen-bond donors (Lipinski definition) is 3. The van der Waals surface area contributed by atoms with Gasteiger partial charge in [0.05, 0.1) is 5.84 Å². The summed E-state index contributed by atoms with van der Waals surface area (Å²) in [6.45, 7) is 6.58. The van der Waals surface area contributed by atoms with Crippen LogP contribution in [-0.4, -0.2) is 41.6 Å². The molecular formula is C19H26FN5O. The predicted molar refractivity (Wildman–Crippen MR) is 103 cm³/mol. The van der Waals surface area contributed by atoms with E-state index in [4.69, 9.17) is 21.3 Å². The quantitative estimate of drug-likeness (QED) is 0.568. The maximum Gasteiger partial charge on any atom is 0.149 e. The lowest BCUT2D eigenvalue weighted by atomic mass is 10.0. The first-order chi connectivity index (χ1) is 12.3. The SMILES string of the molecule is CC(N)=NC(=N)/C(C)=C(/C)C(=N)N1CCC(Oc2cccc(F)c2)CC1. The highest BCUT2D eigenvalue weighted by Crippen LogP contribution is 2.21. The average molecular weight is 359 g/mol. The molecule has 1 aliphatic heterocycles. The fraction of sp³-hybridized carbons (Fsp3) is 0.421. The van der Waals surface area contributed by atoms with Crippen LogP contribution < -0.4 is 10.5 Å². The van der Waals surface area contributed by atoms with E-state index in [1.165, 1.54) is 12.1 Å². The molecular weight excluding hydrogens is 333 g/mol. The second-order valence-electron chi connectivity index (χ2n) is 6.46. The maximum atomic E-state index is 13.2. The summed E-state index contributed by atoms with van der Waals surface area (Å²) in [5.41, 5.74) is 6.87. The summed E-state index contributed by atoms with van der Waals surface area (Å²) in [6.07, 6.45) is 1.51. The van der Waals surface area contributed by atoms with Crippen molar-refractivity contribution in [3.8, 4) is 5.75 Å². The minimum Gasteiger partial charge on any atom is -0.490 e. The zero-order valence-electron chi connectivity index (χ0n) is 15.5. The van der Waals surface area contributed by atoms with Gasteiger partial charge in [0.15, 0.2) is 0 Å². The van der Waals surface area contributed by atoms with E-state index in [-0.39, 0.29) is 17.8 Å². The van der Waals surface area contributed by atoms with Crippen molar-refractivity contribution >= 4 is 17.5 Å². The molecule has 0 aliphatic carbocycles. The van der Waals surface area contributed by atoms with Gasteiger partial charge in [0.2, 0.25) is 0 Å². The highest BCUT2D eigenvalue weighted by molar-refractivity contribution is 6.09. The average Bonchev–Trinajstić information content (AvgIpc) is 2.60. The van der Waals surface area contributed by atoms with Gasteiger partial charge in [-0.2, -0.15) is 0 Å². The third kappa shape index (κ3) is 5.15. The van der Waals surface area contributed by atoms with E-state index >= 15 is 0 Å². The normalized spacial score (nSPS) is 16.9. The summed E-state index contributed by atoms with van der Waals surface area (Å²) in [6, 6.07) is 6.16. The van der Waals surface area contributed by atoms with E-state index in [9.17, 15) is 4.39 Å². The molecule has 26 heavy (non-hydrogen) atoms. The van der Waals surface area contributed by atoms with Crippen molar-refractivity contribution < 1.29 is 9.13 Å². The number of piperidine rings is 1. The third-order valence-corrected chi connectivity index (χ3v) is 4.42. The second kappa shape index (κ2) is 8.60. The Morgan fingerprint density at radius 1 is 1.19 bits per heavy atom. The third-order valence-electron chi connectivity index (χ3n) is 4.42. The summed E-state index contributed by atoms with van der Waals surface area (Å²) in [7, 11) is 0. The molecule has 0 unspecified atom stereocenters. The molecule has 2 rings (SSSR count). The van der Waals surface area contributed by atoms with Crippen LogP contribution >= 0.6 is 0 Å². The Kier molecular flexibility index (Phi) is 6.49. The minimum atomic E-state index is -0.309. The van der Waals surface area contributed by atoms with Crippen molar-refractivity contribution in [3.63, 3.8) is 0 Å². The molecule has 1 aliphatic rings. The zero-order chi connectivity index (χ0) is 19.3. The molecule has 1 aromatic carbocycles. The van der Waals surface area contributed by atoms with Crippen molar-refractivity contribution in [2.75, 3.05) is 13.1 Å². The minimum absolute atomic E-state index is 0.00835. The maximum absolute atomic E-state index is 13.2.